The smallest absolute Gasteiger partial charge is 0.339 e. The zero-order chi connectivity index (χ0) is 29.8. The molecule has 0 unspecified atom stereocenters. The summed E-state index contributed by atoms with van der Waals surface area (Å²) < 4.78 is 31.4. The summed E-state index contributed by atoms with van der Waals surface area (Å²) in [5.41, 5.74) is -5.43. The minimum Gasteiger partial charge on any atom is -0.472 e. The standard InChI is InChI=1S/C34H38O9/c1-29(2)25-24(36)26(37)33-20-9-5-4-7-18(20)8-6-12-32(19-11-14-39-16-19)30(3,34(33)27(42-34)28(38)43-32)13-10-21(33)31(25)17-40-23(35)15-22(31)41-29/h11,14,16,18,20-22,25-27,37H,4-5,7,9-10,12-13,15,17H2,1-3H3/t18-,20+,21+,22+,25-,26-,27-,30+,31+,32+,33-,34+/m1/s1. The molecule has 0 aromatic carbocycles. The zero-order valence-corrected chi connectivity index (χ0v) is 24.9. The summed E-state index contributed by atoms with van der Waals surface area (Å²) in [6, 6.07) is 1.83. The van der Waals surface area contributed by atoms with Crippen LogP contribution < -0.4 is 0 Å². The molecule has 9 rings (SSSR count). The molecular formula is C34H38O9. The molecule has 4 aliphatic heterocycles. The number of Topliss-reactive ketones (excluding diaryl/α,β-unsaturated/α-hetero) is 1. The van der Waals surface area contributed by atoms with E-state index in [0.717, 1.165) is 25.7 Å². The van der Waals surface area contributed by atoms with E-state index in [1.165, 1.54) is 0 Å². The Balaban J connectivity index is 1.38. The van der Waals surface area contributed by atoms with E-state index in [1.807, 2.05) is 19.9 Å². The predicted octanol–water partition coefficient (Wildman–Crippen LogP) is 3.46. The van der Waals surface area contributed by atoms with Crippen LogP contribution in [0.2, 0.25) is 0 Å². The summed E-state index contributed by atoms with van der Waals surface area (Å²) in [5, 5.41) is 12.8. The van der Waals surface area contributed by atoms with E-state index < -0.39 is 63.2 Å². The van der Waals surface area contributed by atoms with E-state index in [2.05, 4.69) is 18.8 Å². The Bertz CT molecular complexity index is 1520. The fourth-order valence-corrected chi connectivity index (χ4v) is 12.5. The van der Waals surface area contributed by atoms with Gasteiger partial charge in [-0.2, -0.15) is 0 Å². The van der Waals surface area contributed by atoms with Crippen molar-refractivity contribution in [3.63, 3.8) is 0 Å². The second kappa shape index (κ2) is 7.94. The number of rotatable bonds is 1. The van der Waals surface area contributed by atoms with Crippen LogP contribution in [0.5, 0.6) is 0 Å². The summed E-state index contributed by atoms with van der Waals surface area (Å²) in [5.74, 6) is 4.66. The Kier molecular flexibility index (Phi) is 4.93. The highest BCUT2D eigenvalue weighted by Crippen LogP contribution is 2.84. The number of esters is 2. The second-order valence-corrected chi connectivity index (χ2v) is 15.3. The van der Waals surface area contributed by atoms with E-state index in [-0.39, 0.29) is 49.0 Å². The number of carbonyl (C=O) groups excluding carboxylic acids is 3. The number of hydrogen-bond donors (Lipinski definition) is 1. The molecule has 0 radical (unpaired) electrons. The van der Waals surface area contributed by atoms with Crippen molar-refractivity contribution in [2.75, 3.05) is 6.61 Å². The van der Waals surface area contributed by atoms with Gasteiger partial charge in [-0.15, -0.1) is 0 Å². The van der Waals surface area contributed by atoms with E-state index in [1.54, 1.807) is 12.5 Å². The van der Waals surface area contributed by atoms with Crippen molar-refractivity contribution in [1.82, 2.24) is 0 Å². The Hall–Kier alpha value is -2.67. The van der Waals surface area contributed by atoms with Gasteiger partial charge in [-0.25, -0.2) is 4.79 Å². The average molecular weight is 591 g/mol. The molecule has 1 N–H and O–H groups in total. The highest BCUT2D eigenvalue weighted by molar-refractivity contribution is 5.92. The van der Waals surface area contributed by atoms with Crippen LogP contribution in [0.3, 0.4) is 0 Å². The molecule has 8 aliphatic rings. The van der Waals surface area contributed by atoms with Crippen molar-refractivity contribution in [3.8, 4) is 11.8 Å². The molecule has 4 aliphatic carbocycles. The van der Waals surface area contributed by atoms with Crippen LogP contribution in [0.15, 0.2) is 23.0 Å². The van der Waals surface area contributed by atoms with Gasteiger partial charge in [0.05, 0.1) is 43.0 Å². The first-order chi connectivity index (χ1) is 20.5. The maximum Gasteiger partial charge on any atom is 0.339 e. The van der Waals surface area contributed by atoms with Crippen molar-refractivity contribution in [3.05, 3.63) is 24.2 Å². The molecular weight excluding hydrogens is 552 g/mol. The number of fused-ring (bicyclic) bond motifs is 1. The lowest BCUT2D eigenvalue weighted by Crippen LogP contribution is -2.81. The quantitative estimate of drug-likeness (QED) is 0.297. The number of cyclic esters (lactones) is 1. The molecule has 5 heterocycles. The highest BCUT2D eigenvalue weighted by atomic mass is 16.7. The van der Waals surface area contributed by atoms with Gasteiger partial charge in [-0.1, -0.05) is 31.6 Å². The Morgan fingerprint density at radius 2 is 1.86 bits per heavy atom. The molecule has 228 valence electrons. The molecule has 3 saturated carbocycles. The minimum absolute atomic E-state index is 0.0489. The molecule has 3 spiro atoms. The Morgan fingerprint density at radius 1 is 1.05 bits per heavy atom. The molecule has 4 saturated heterocycles. The number of aliphatic hydroxyl groups excluding tert-OH is 1. The minimum atomic E-state index is -1.41. The van der Waals surface area contributed by atoms with Gasteiger partial charge < -0.3 is 28.5 Å². The third-order valence-electron chi connectivity index (χ3n) is 13.7. The van der Waals surface area contributed by atoms with Crippen LogP contribution in [0.1, 0.15) is 77.7 Å². The summed E-state index contributed by atoms with van der Waals surface area (Å²) in [4.78, 5) is 41.8. The third-order valence-corrected chi connectivity index (χ3v) is 13.7. The van der Waals surface area contributed by atoms with Crippen molar-refractivity contribution in [2.45, 2.75) is 107 Å². The maximum atomic E-state index is 15.0. The van der Waals surface area contributed by atoms with Crippen LogP contribution in [0, 0.1) is 51.8 Å². The first-order valence-electron chi connectivity index (χ1n) is 16.0. The first kappa shape index (κ1) is 26.7. The first-order valence-corrected chi connectivity index (χ1v) is 16.0. The highest BCUT2D eigenvalue weighted by Gasteiger charge is 2.94. The fraction of sp³-hybridized carbons (Fsp3) is 0.735. The van der Waals surface area contributed by atoms with Gasteiger partial charge in [-0.05, 0) is 57.4 Å². The number of aliphatic hydroxyl groups is 1. The number of ketones is 1. The molecule has 4 bridgehead atoms. The number of hydrogen-bond acceptors (Lipinski definition) is 9. The topological polar surface area (TPSA) is 125 Å². The van der Waals surface area contributed by atoms with Gasteiger partial charge in [0.1, 0.15) is 18.3 Å². The zero-order valence-electron chi connectivity index (χ0n) is 24.9. The van der Waals surface area contributed by atoms with Crippen molar-refractivity contribution < 1.29 is 42.9 Å². The summed E-state index contributed by atoms with van der Waals surface area (Å²) >= 11 is 0. The number of carbonyl (C=O) groups is 3. The van der Waals surface area contributed by atoms with E-state index in [9.17, 15) is 19.5 Å². The lowest BCUT2D eigenvalue weighted by Gasteiger charge is -2.71. The van der Waals surface area contributed by atoms with Crippen molar-refractivity contribution in [1.29, 1.82) is 0 Å². The molecule has 43 heavy (non-hydrogen) atoms. The molecule has 7 fully saturated rings. The van der Waals surface area contributed by atoms with E-state index >= 15 is 0 Å². The normalized spacial score (nSPS) is 53.5. The Labute approximate surface area is 250 Å². The summed E-state index contributed by atoms with van der Waals surface area (Å²) in [6.45, 7) is 5.95. The van der Waals surface area contributed by atoms with Crippen LogP contribution in [-0.2, 0) is 38.9 Å². The second-order valence-electron chi connectivity index (χ2n) is 15.3. The van der Waals surface area contributed by atoms with E-state index in [4.69, 9.17) is 23.4 Å². The maximum absolute atomic E-state index is 15.0. The van der Waals surface area contributed by atoms with Gasteiger partial charge in [0.15, 0.2) is 17.5 Å². The predicted molar refractivity (Wildman–Crippen MR) is 147 cm³/mol. The average Bonchev–Trinajstić information content (AvgIpc) is 3.39. The van der Waals surface area contributed by atoms with Gasteiger partial charge in [-0.3, -0.25) is 9.59 Å². The monoisotopic (exact) mass is 590 g/mol. The largest absolute Gasteiger partial charge is 0.472 e. The Morgan fingerprint density at radius 3 is 2.65 bits per heavy atom. The summed E-state index contributed by atoms with van der Waals surface area (Å²) in [6.07, 6.45) is 5.43. The lowest BCUT2D eigenvalue weighted by molar-refractivity contribution is -0.294. The van der Waals surface area contributed by atoms with E-state index in [0.29, 0.717) is 18.4 Å². The molecule has 9 nitrogen and oxygen atoms in total. The van der Waals surface area contributed by atoms with Crippen LogP contribution in [0.25, 0.3) is 0 Å². The van der Waals surface area contributed by atoms with Crippen LogP contribution >= 0.6 is 0 Å². The number of furan rings is 1. The van der Waals surface area contributed by atoms with Crippen molar-refractivity contribution in [2.24, 2.45) is 39.9 Å². The van der Waals surface area contributed by atoms with Crippen LogP contribution in [0.4, 0.5) is 0 Å². The third kappa shape index (κ3) is 2.63. The molecule has 1 aromatic rings. The van der Waals surface area contributed by atoms with Gasteiger partial charge in [0.25, 0.3) is 0 Å². The number of ether oxygens (including phenoxy) is 4. The SMILES string of the molecule is CC1(C)O[C@H]2CC(=O)OC[C@@]23[C@@H]1C(=O)[C@@H](O)[C@]12[C@H]4CCCC[C@@H]4C#CC[C@@]4(c5ccoc5)OC(=O)[C@H]5O[C@]51[C@@]4(C)CC[C@@H]32. The molecule has 1 aromatic heterocycles. The lowest BCUT2D eigenvalue weighted by atomic mass is 9.31. The van der Waals surface area contributed by atoms with Gasteiger partial charge in [0.2, 0.25) is 0 Å². The van der Waals surface area contributed by atoms with Gasteiger partial charge in [0, 0.05) is 27.7 Å². The molecule has 12 atom stereocenters. The molecule has 9 heteroatoms. The van der Waals surface area contributed by atoms with Gasteiger partial charge >= 0.3 is 11.9 Å². The van der Waals surface area contributed by atoms with Crippen molar-refractivity contribution >= 4 is 17.7 Å². The molecule has 0 amide bonds. The number of epoxide rings is 1. The summed E-state index contributed by atoms with van der Waals surface area (Å²) in [7, 11) is 0. The fourth-order valence-electron chi connectivity index (χ4n) is 12.5. The van der Waals surface area contributed by atoms with Crippen LogP contribution in [-0.4, -0.2) is 58.9 Å².